The Labute approximate surface area is 122 Å². The van der Waals surface area contributed by atoms with Gasteiger partial charge in [0, 0.05) is 11.6 Å². The van der Waals surface area contributed by atoms with Crippen LogP contribution in [0.25, 0.3) is 0 Å². The minimum absolute atomic E-state index is 0. The summed E-state index contributed by atoms with van der Waals surface area (Å²) in [5.74, 6) is -1.14. The third-order valence-corrected chi connectivity index (χ3v) is 3.85. The van der Waals surface area contributed by atoms with Crippen molar-refractivity contribution in [3.05, 3.63) is 35.1 Å². The van der Waals surface area contributed by atoms with Gasteiger partial charge in [-0.3, -0.25) is 0 Å². The van der Waals surface area contributed by atoms with Gasteiger partial charge >= 0.3 is 6.18 Å². The summed E-state index contributed by atoms with van der Waals surface area (Å²) < 4.78 is 51.9. The third kappa shape index (κ3) is 3.64. The monoisotopic (exact) mass is 311 g/mol. The molecule has 20 heavy (non-hydrogen) atoms. The maximum Gasteiger partial charge on any atom is 0.419 e. The molecule has 1 aliphatic carbocycles. The molecule has 2 N–H and O–H groups in total. The minimum Gasteiger partial charge on any atom is -0.324 e. The lowest BCUT2D eigenvalue weighted by molar-refractivity contribution is -0.140. The van der Waals surface area contributed by atoms with E-state index in [2.05, 4.69) is 0 Å². The van der Waals surface area contributed by atoms with Gasteiger partial charge in [-0.2, -0.15) is 13.2 Å². The molecule has 1 aliphatic rings. The highest BCUT2D eigenvalue weighted by molar-refractivity contribution is 5.85. The van der Waals surface area contributed by atoms with E-state index in [1.807, 2.05) is 0 Å². The average Bonchev–Trinajstić information content (AvgIpc) is 2.38. The summed E-state index contributed by atoms with van der Waals surface area (Å²) in [7, 11) is 0. The minimum atomic E-state index is -4.67. The molecule has 0 saturated heterocycles. The van der Waals surface area contributed by atoms with Gasteiger partial charge in [0.2, 0.25) is 0 Å². The van der Waals surface area contributed by atoms with E-state index in [4.69, 9.17) is 5.73 Å². The van der Waals surface area contributed by atoms with Gasteiger partial charge in [-0.05, 0) is 24.8 Å². The predicted molar refractivity (Wildman–Crippen MR) is 72.2 cm³/mol. The van der Waals surface area contributed by atoms with E-state index in [9.17, 15) is 17.6 Å². The molecule has 0 spiro atoms. The van der Waals surface area contributed by atoms with Crippen LogP contribution in [0, 0.1) is 11.7 Å². The molecular weight excluding hydrogens is 294 g/mol. The highest BCUT2D eigenvalue weighted by atomic mass is 35.5. The van der Waals surface area contributed by atoms with Crippen molar-refractivity contribution < 1.29 is 17.6 Å². The van der Waals surface area contributed by atoms with Gasteiger partial charge in [0.25, 0.3) is 0 Å². The van der Waals surface area contributed by atoms with Crippen LogP contribution in [0.5, 0.6) is 0 Å². The Balaban J connectivity index is 0.00000200. The lowest BCUT2D eigenvalue weighted by atomic mass is 9.81. The number of benzene rings is 1. The van der Waals surface area contributed by atoms with Crippen LogP contribution in [0.1, 0.15) is 49.3 Å². The Kier molecular flexibility index (Phi) is 5.83. The fraction of sp³-hybridized carbons (Fsp3) is 0.571. The normalized spacial score (nSPS) is 18.4. The predicted octanol–water partition coefficient (Wildman–Crippen LogP) is 4.85. The molecule has 2 rings (SSSR count). The lowest BCUT2D eigenvalue weighted by Crippen LogP contribution is -2.25. The maximum atomic E-state index is 14.0. The molecule has 0 aliphatic heterocycles. The van der Waals surface area contributed by atoms with Crippen molar-refractivity contribution in [2.24, 2.45) is 11.7 Å². The van der Waals surface area contributed by atoms with Crippen molar-refractivity contribution >= 4 is 12.4 Å². The molecule has 0 unspecified atom stereocenters. The molecule has 1 saturated carbocycles. The van der Waals surface area contributed by atoms with E-state index < -0.39 is 23.6 Å². The average molecular weight is 312 g/mol. The van der Waals surface area contributed by atoms with Gasteiger partial charge in [-0.15, -0.1) is 12.4 Å². The summed E-state index contributed by atoms with van der Waals surface area (Å²) in [6.07, 6.45) is 0.187. The van der Waals surface area contributed by atoms with Gasteiger partial charge in [0.05, 0.1) is 5.56 Å². The molecule has 0 aromatic heterocycles. The highest BCUT2D eigenvalue weighted by Gasteiger charge is 2.36. The van der Waals surface area contributed by atoms with E-state index in [1.54, 1.807) is 0 Å². The molecule has 1 aromatic rings. The summed E-state index contributed by atoms with van der Waals surface area (Å²) in [6.45, 7) is 0. The van der Waals surface area contributed by atoms with Crippen LogP contribution < -0.4 is 5.73 Å². The van der Waals surface area contributed by atoms with E-state index in [0.717, 1.165) is 38.2 Å². The molecule has 6 heteroatoms. The van der Waals surface area contributed by atoms with E-state index in [0.29, 0.717) is 0 Å². The van der Waals surface area contributed by atoms with Gasteiger partial charge in [-0.25, -0.2) is 4.39 Å². The van der Waals surface area contributed by atoms with Crippen molar-refractivity contribution in [1.82, 2.24) is 0 Å². The van der Waals surface area contributed by atoms with Crippen LogP contribution in [-0.2, 0) is 6.18 Å². The van der Waals surface area contributed by atoms with E-state index in [1.165, 1.54) is 12.1 Å². The molecule has 114 valence electrons. The van der Waals surface area contributed by atoms with Crippen LogP contribution in [-0.4, -0.2) is 0 Å². The Morgan fingerprint density at radius 3 is 2.25 bits per heavy atom. The number of hydrogen-bond donors (Lipinski definition) is 1. The summed E-state index contributed by atoms with van der Waals surface area (Å²) in [6, 6.07) is 2.70. The number of hydrogen-bond acceptors (Lipinski definition) is 1. The number of halogens is 5. The number of alkyl halides is 3. The fourth-order valence-electron chi connectivity index (χ4n) is 2.77. The zero-order chi connectivity index (χ0) is 14.0. The lowest BCUT2D eigenvalue weighted by Gasteiger charge is -2.28. The van der Waals surface area contributed by atoms with Gasteiger partial charge in [0.15, 0.2) is 0 Å². The first-order valence-corrected chi connectivity index (χ1v) is 6.52. The molecule has 0 bridgehead atoms. The second kappa shape index (κ2) is 6.76. The Hall–Kier alpha value is -0.810. The number of rotatable bonds is 2. The van der Waals surface area contributed by atoms with Gasteiger partial charge < -0.3 is 5.73 Å². The molecule has 1 nitrogen and oxygen atoms in total. The standard InChI is InChI=1S/C14H17F4N.ClH/c15-12-10(7-4-8-11(12)14(16,17)18)13(19)9-5-2-1-3-6-9;/h4,7-9,13H,1-3,5-6,19H2;1H/t13-;/m0./s1. The van der Waals surface area contributed by atoms with Gasteiger partial charge in [-0.1, -0.05) is 31.4 Å². The fourth-order valence-corrected chi connectivity index (χ4v) is 2.77. The Morgan fingerprint density at radius 1 is 1.10 bits per heavy atom. The molecular formula is C14H18ClF4N. The van der Waals surface area contributed by atoms with E-state index in [-0.39, 0.29) is 23.9 Å². The quantitative estimate of drug-likeness (QED) is 0.777. The van der Waals surface area contributed by atoms with Crippen LogP contribution in [0.4, 0.5) is 17.6 Å². The second-order valence-corrected chi connectivity index (χ2v) is 5.13. The van der Waals surface area contributed by atoms with Crippen LogP contribution in [0.15, 0.2) is 18.2 Å². The Morgan fingerprint density at radius 2 is 1.70 bits per heavy atom. The molecule has 0 heterocycles. The van der Waals surface area contributed by atoms with Crippen molar-refractivity contribution in [3.63, 3.8) is 0 Å². The van der Waals surface area contributed by atoms with Crippen molar-refractivity contribution in [2.45, 2.75) is 44.3 Å². The molecule has 1 atom stereocenters. The van der Waals surface area contributed by atoms with Crippen LogP contribution in [0.3, 0.4) is 0 Å². The molecule has 0 radical (unpaired) electrons. The zero-order valence-corrected chi connectivity index (χ0v) is 11.7. The highest BCUT2D eigenvalue weighted by Crippen LogP contribution is 2.37. The smallest absolute Gasteiger partial charge is 0.324 e. The van der Waals surface area contributed by atoms with Crippen molar-refractivity contribution in [1.29, 1.82) is 0 Å². The zero-order valence-electron chi connectivity index (χ0n) is 10.9. The van der Waals surface area contributed by atoms with Crippen LogP contribution in [0.2, 0.25) is 0 Å². The number of nitrogens with two attached hydrogens (primary N) is 1. The second-order valence-electron chi connectivity index (χ2n) is 5.13. The summed E-state index contributed by atoms with van der Waals surface area (Å²) in [4.78, 5) is 0. The first kappa shape index (κ1) is 17.2. The topological polar surface area (TPSA) is 26.0 Å². The first-order chi connectivity index (χ1) is 8.91. The first-order valence-electron chi connectivity index (χ1n) is 6.52. The summed E-state index contributed by atoms with van der Waals surface area (Å²) in [5, 5.41) is 0. The molecule has 1 aromatic carbocycles. The third-order valence-electron chi connectivity index (χ3n) is 3.85. The SMILES string of the molecule is Cl.N[C@H](c1cccc(C(F)(F)F)c1F)C1CCCCC1. The Bertz CT molecular complexity index is 441. The largest absolute Gasteiger partial charge is 0.419 e. The summed E-state index contributed by atoms with van der Waals surface area (Å²) in [5.41, 5.74) is 4.74. The maximum absolute atomic E-state index is 14.0. The summed E-state index contributed by atoms with van der Waals surface area (Å²) >= 11 is 0. The van der Waals surface area contributed by atoms with Crippen molar-refractivity contribution in [2.75, 3.05) is 0 Å². The molecule has 1 fully saturated rings. The van der Waals surface area contributed by atoms with Gasteiger partial charge in [0.1, 0.15) is 5.82 Å². The van der Waals surface area contributed by atoms with Crippen LogP contribution >= 0.6 is 12.4 Å². The molecule has 0 amide bonds. The van der Waals surface area contributed by atoms with E-state index >= 15 is 0 Å². The van der Waals surface area contributed by atoms with Crippen molar-refractivity contribution in [3.8, 4) is 0 Å².